The average molecular weight is 199 g/mol. The van der Waals surface area contributed by atoms with Crippen LogP contribution in [0.1, 0.15) is 11.4 Å². The highest BCUT2D eigenvalue weighted by Gasteiger charge is 2.00. The molecule has 15 heavy (non-hydrogen) atoms. The van der Waals surface area contributed by atoms with Crippen LogP contribution < -0.4 is 0 Å². The smallest absolute Gasteiger partial charge is 0.115 e. The van der Waals surface area contributed by atoms with Gasteiger partial charge in [0.25, 0.3) is 0 Å². The van der Waals surface area contributed by atoms with Crippen LogP contribution in [0.2, 0.25) is 0 Å². The van der Waals surface area contributed by atoms with Gasteiger partial charge in [-0.3, -0.25) is 4.98 Å². The van der Waals surface area contributed by atoms with Gasteiger partial charge >= 0.3 is 0 Å². The minimum atomic E-state index is 0.293. The van der Waals surface area contributed by atoms with Crippen LogP contribution >= 0.6 is 0 Å². The molecule has 0 aliphatic rings. The molecule has 0 atom stereocenters. The van der Waals surface area contributed by atoms with Crippen molar-refractivity contribution in [1.82, 2.24) is 4.98 Å². The summed E-state index contributed by atoms with van der Waals surface area (Å²) in [5, 5.41) is 9.20. The molecular weight excluding hydrogens is 186 g/mol. The molecule has 2 heteroatoms. The Morgan fingerprint density at radius 3 is 1.93 bits per heavy atom. The molecule has 0 amide bonds. The molecule has 1 aromatic heterocycles. The van der Waals surface area contributed by atoms with Gasteiger partial charge in [-0.2, -0.15) is 0 Å². The molecule has 2 rings (SSSR count). The Labute approximate surface area is 89.2 Å². The summed E-state index contributed by atoms with van der Waals surface area (Å²) in [5.74, 6) is 0.293. The molecule has 0 saturated heterocycles. The number of nitrogens with zero attached hydrogens (tertiary/aromatic N) is 1. The fourth-order valence-corrected chi connectivity index (χ4v) is 1.66. The normalized spacial score (nSPS) is 10.3. The lowest BCUT2D eigenvalue weighted by atomic mass is 10.1. The monoisotopic (exact) mass is 199 g/mol. The Morgan fingerprint density at radius 2 is 1.40 bits per heavy atom. The predicted octanol–water partition coefficient (Wildman–Crippen LogP) is 3.07. The molecule has 0 spiro atoms. The Balaban J connectivity index is 2.49. The van der Waals surface area contributed by atoms with Gasteiger partial charge in [0, 0.05) is 11.4 Å². The molecule has 0 saturated carbocycles. The first-order chi connectivity index (χ1) is 7.15. The summed E-state index contributed by atoms with van der Waals surface area (Å²) in [6.07, 6.45) is 0. The molecule has 1 heterocycles. The number of aromatic nitrogens is 1. The van der Waals surface area contributed by atoms with Gasteiger partial charge in [-0.05, 0) is 49.2 Å². The van der Waals surface area contributed by atoms with Crippen LogP contribution in [0.4, 0.5) is 0 Å². The van der Waals surface area contributed by atoms with Crippen molar-refractivity contribution in [1.29, 1.82) is 0 Å². The second-order valence-electron chi connectivity index (χ2n) is 3.69. The van der Waals surface area contributed by atoms with Crippen molar-refractivity contribution in [3.05, 3.63) is 47.8 Å². The number of hydrogen-bond donors (Lipinski definition) is 1. The van der Waals surface area contributed by atoms with Crippen LogP contribution in [-0.2, 0) is 0 Å². The number of benzene rings is 1. The molecule has 1 N–H and O–H groups in total. The van der Waals surface area contributed by atoms with E-state index in [1.807, 2.05) is 38.1 Å². The van der Waals surface area contributed by atoms with Gasteiger partial charge in [0.05, 0.1) is 0 Å². The van der Waals surface area contributed by atoms with Gasteiger partial charge < -0.3 is 5.11 Å². The average Bonchev–Trinajstić information content (AvgIpc) is 2.17. The van der Waals surface area contributed by atoms with E-state index in [1.165, 1.54) is 0 Å². The fourth-order valence-electron chi connectivity index (χ4n) is 1.66. The summed E-state index contributed by atoms with van der Waals surface area (Å²) in [7, 11) is 0. The predicted molar refractivity (Wildman–Crippen MR) is 60.8 cm³/mol. The fraction of sp³-hybridized carbons (Fsp3) is 0.154. The summed E-state index contributed by atoms with van der Waals surface area (Å²) < 4.78 is 0. The maximum absolute atomic E-state index is 9.20. The highest BCUT2D eigenvalue weighted by Crippen LogP contribution is 2.22. The van der Waals surface area contributed by atoms with E-state index in [1.54, 1.807) is 12.1 Å². The van der Waals surface area contributed by atoms with E-state index < -0.39 is 0 Å². The van der Waals surface area contributed by atoms with Gasteiger partial charge in [0.1, 0.15) is 5.75 Å². The summed E-state index contributed by atoms with van der Waals surface area (Å²) >= 11 is 0. The minimum absolute atomic E-state index is 0.293. The van der Waals surface area contributed by atoms with E-state index >= 15 is 0 Å². The van der Waals surface area contributed by atoms with Crippen LogP contribution in [0.5, 0.6) is 5.75 Å². The van der Waals surface area contributed by atoms with Gasteiger partial charge in [0.15, 0.2) is 0 Å². The van der Waals surface area contributed by atoms with Crippen LogP contribution in [0, 0.1) is 13.8 Å². The number of aromatic hydroxyl groups is 1. The third kappa shape index (κ3) is 2.15. The molecule has 0 radical (unpaired) electrons. The van der Waals surface area contributed by atoms with Crippen molar-refractivity contribution in [2.75, 3.05) is 0 Å². The SMILES string of the molecule is Cc1cc(-c2ccc(O)cc2)cc(C)n1. The Bertz CT molecular complexity index is 454. The van der Waals surface area contributed by atoms with Gasteiger partial charge in [-0.25, -0.2) is 0 Å². The third-order valence-corrected chi connectivity index (χ3v) is 2.28. The van der Waals surface area contributed by atoms with Crippen molar-refractivity contribution in [3.63, 3.8) is 0 Å². The maximum Gasteiger partial charge on any atom is 0.115 e. The van der Waals surface area contributed by atoms with Crippen molar-refractivity contribution in [2.45, 2.75) is 13.8 Å². The second-order valence-corrected chi connectivity index (χ2v) is 3.69. The molecular formula is C13H13NO. The molecule has 0 aliphatic heterocycles. The quantitative estimate of drug-likeness (QED) is 0.765. The van der Waals surface area contributed by atoms with Gasteiger partial charge in [-0.15, -0.1) is 0 Å². The summed E-state index contributed by atoms with van der Waals surface area (Å²) in [5.41, 5.74) is 4.26. The Hall–Kier alpha value is -1.83. The summed E-state index contributed by atoms with van der Waals surface area (Å²) in [6, 6.07) is 11.3. The van der Waals surface area contributed by atoms with Crippen molar-refractivity contribution in [3.8, 4) is 16.9 Å². The van der Waals surface area contributed by atoms with Crippen LogP contribution in [0.3, 0.4) is 0 Å². The van der Waals surface area contributed by atoms with Gasteiger partial charge in [0.2, 0.25) is 0 Å². The number of pyridine rings is 1. The number of rotatable bonds is 1. The Kier molecular flexibility index (Phi) is 2.42. The molecule has 0 aliphatic carbocycles. The Morgan fingerprint density at radius 1 is 0.867 bits per heavy atom. The first-order valence-electron chi connectivity index (χ1n) is 4.90. The number of phenolic OH excluding ortho intramolecular Hbond substituents is 1. The highest BCUT2D eigenvalue weighted by molar-refractivity contribution is 5.64. The lowest BCUT2D eigenvalue weighted by molar-refractivity contribution is 0.475. The maximum atomic E-state index is 9.20. The minimum Gasteiger partial charge on any atom is -0.508 e. The van der Waals surface area contributed by atoms with Crippen molar-refractivity contribution in [2.24, 2.45) is 0 Å². The molecule has 76 valence electrons. The molecule has 1 aromatic carbocycles. The standard InChI is InChI=1S/C13H13NO/c1-9-7-12(8-10(2)14-9)11-3-5-13(15)6-4-11/h3-8,15H,1-2H3. The highest BCUT2D eigenvalue weighted by atomic mass is 16.3. The zero-order valence-corrected chi connectivity index (χ0v) is 8.86. The lowest BCUT2D eigenvalue weighted by Crippen LogP contribution is -1.87. The second kappa shape index (κ2) is 3.73. The molecule has 0 bridgehead atoms. The first-order valence-corrected chi connectivity index (χ1v) is 4.90. The van der Waals surface area contributed by atoms with Crippen LogP contribution in [0.25, 0.3) is 11.1 Å². The number of aryl methyl sites for hydroxylation is 2. The van der Waals surface area contributed by atoms with Crippen LogP contribution in [-0.4, -0.2) is 10.1 Å². The first kappa shape index (κ1) is 9.71. The molecule has 2 nitrogen and oxygen atoms in total. The van der Waals surface area contributed by atoms with E-state index in [2.05, 4.69) is 4.98 Å². The van der Waals surface area contributed by atoms with E-state index in [9.17, 15) is 5.11 Å². The van der Waals surface area contributed by atoms with Crippen LogP contribution in [0.15, 0.2) is 36.4 Å². The zero-order valence-electron chi connectivity index (χ0n) is 8.86. The van der Waals surface area contributed by atoms with E-state index in [0.717, 1.165) is 22.5 Å². The largest absolute Gasteiger partial charge is 0.508 e. The van der Waals surface area contributed by atoms with Crippen molar-refractivity contribution < 1.29 is 5.11 Å². The van der Waals surface area contributed by atoms with E-state index in [4.69, 9.17) is 0 Å². The zero-order chi connectivity index (χ0) is 10.8. The number of hydrogen-bond acceptors (Lipinski definition) is 2. The molecule has 2 aromatic rings. The number of phenols is 1. The topological polar surface area (TPSA) is 33.1 Å². The van der Waals surface area contributed by atoms with E-state index in [0.29, 0.717) is 5.75 Å². The summed E-state index contributed by atoms with van der Waals surface area (Å²) in [4.78, 5) is 4.33. The summed E-state index contributed by atoms with van der Waals surface area (Å²) in [6.45, 7) is 3.97. The molecule has 0 unspecified atom stereocenters. The van der Waals surface area contributed by atoms with E-state index in [-0.39, 0.29) is 0 Å². The van der Waals surface area contributed by atoms with Gasteiger partial charge in [-0.1, -0.05) is 12.1 Å². The van der Waals surface area contributed by atoms with Crippen molar-refractivity contribution >= 4 is 0 Å². The third-order valence-electron chi connectivity index (χ3n) is 2.28. The molecule has 0 fully saturated rings. The lowest BCUT2D eigenvalue weighted by Gasteiger charge is -2.04.